The highest BCUT2D eigenvalue weighted by Gasteiger charge is 2.33. The molecule has 6 rings (SSSR count). The molecule has 0 saturated carbocycles. The fraction of sp³-hybridized carbons (Fsp3) is 0.474. The third-order valence-electron chi connectivity index (χ3n) is 15.0. The summed E-state index contributed by atoms with van der Waals surface area (Å²) in [6.07, 6.45) is 2.12. The summed E-state index contributed by atoms with van der Waals surface area (Å²) < 4.78 is 11.9. The number of amides is 4. The Hall–Kier alpha value is -7.28. The molecule has 4 amide bonds. The quantitative estimate of drug-likeness (QED) is 0.0421. The predicted molar refractivity (Wildman–Crippen MR) is 361 cm³/mol. The van der Waals surface area contributed by atoms with Gasteiger partial charge in [0.05, 0.1) is 12.1 Å². The van der Waals surface area contributed by atoms with E-state index >= 15 is 0 Å². The van der Waals surface area contributed by atoms with Crippen LogP contribution < -0.4 is 30.7 Å². The van der Waals surface area contributed by atoms with Crippen molar-refractivity contribution < 1.29 is 28.7 Å². The molecule has 4 atom stereocenters. The van der Waals surface area contributed by atoms with Crippen molar-refractivity contribution >= 4 is 23.6 Å². The van der Waals surface area contributed by atoms with E-state index in [4.69, 9.17) is 9.47 Å². The topological polar surface area (TPSA) is 141 Å². The molecule has 0 unspecified atom stereocenters. The van der Waals surface area contributed by atoms with Crippen molar-refractivity contribution in [2.45, 2.75) is 209 Å². The van der Waals surface area contributed by atoms with Crippen LogP contribution in [0.25, 0.3) is 0 Å². The maximum Gasteiger partial charge on any atom is 0.243 e. The second-order valence-corrected chi connectivity index (χ2v) is 28.9. The Morgan fingerprint density at radius 3 is 0.955 bits per heavy atom. The van der Waals surface area contributed by atoms with E-state index in [1.54, 1.807) is 0 Å². The maximum absolute atomic E-state index is 13.9. The summed E-state index contributed by atoms with van der Waals surface area (Å²) in [6, 6.07) is 50.7. The van der Waals surface area contributed by atoms with E-state index in [2.05, 4.69) is 149 Å². The summed E-state index contributed by atoms with van der Waals surface area (Å²) in [4.78, 5) is 58.9. The van der Waals surface area contributed by atoms with Crippen LogP contribution in [0.5, 0.6) is 11.5 Å². The summed E-state index contributed by atoms with van der Waals surface area (Å²) in [6.45, 7) is 35.7. The summed E-state index contributed by atoms with van der Waals surface area (Å²) in [7, 11) is 3.98. The lowest BCUT2D eigenvalue weighted by Gasteiger charge is -2.31. The van der Waals surface area contributed by atoms with Crippen molar-refractivity contribution in [2.24, 2.45) is 11.8 Å². The Balaban J connectivity index is 0.000000321. The minimum absolute atomic E-state index is 0.0860. The van der Waals surface area contributed by atoms with Gasteiger partial charge in [-0.1, -0.05) is 203 Å². The van der Waals surface area contributed by atoms with Crippen LogP contribution in [0.2, 0.25) is 0 Å². The smallest absolute Gasteiger partial charge is 0.243 e. The average molecular weight is 1200 g/mol. The van der Waals surface area contributed by atoms with Gasteiger partial charge in [0.2, 0.25) is 23.6 Å². The molecule has 476 valence electrons. The Kier molecular flexibility index (Phi) is 26.6. The molecule has 4 N–H and O–H groups in total. The van der Waals surface area contributed by atoms with Gasteiger partial charge in [-0.2, -0.15) is 0 Å². The molecule has 0 fully saturated rings. The molecule has 0 aromatic heterocycles. The zero-order chi connectivity index (χ0) is 65.0. The summed E-state index contributed by atoms with van der Waals surface area (Å²) in [5, 5.41) is 12.4. The number of carbonyl (C=O) groups is 4. The molecule has 6 aromatic rings. The maximum atomic E-state index is 13.9. The molecule has 0 radical (unpaired) electrons. The fourth-order valence-electron chi connectivity index (χ4n) is 10.1. The highest BCUT2D eigenvalue weighted by Crippen LogP contribution is 2.26. The molecule has 0 aliphatic heterocycles. The summed E-state index contributed by atoms with van der Waals surface area (Å²) in [5.41, 5.74) is 8.27. The Labute approximate surface area is 529 Å². The molecule has 88 heavy (non-hydrogen) atoms. The van der Waals surface area contributed by atoms with Gasteiger partial charge >= 0.3 is 0 Å². The molecule has 6 aromatic carbocycles. The number of benzene rings is 6. The first-order chi connectivity index (χ1) is 41.2. The molecule has 0 spiro atoms. The number of likely N-dealkylation sites (N-methyl/N-ethyl adjacent to an activating group) is 2. The minimum atomic E-state index is -0.716. The van der Waals surface area contributed by atoms with Crippen LogP contribution in [-0.4, -0.2) is 82.8 Å². The lowest BCUT2D eigenvalue weighted by molar-refractivity contribution is -0.132. The monoisotopic (exact) mass is 1200 g/mol. The molecule has 0 aliphatic carbocycles. The lowest BCUT2D eigenvalue weighted by Crippen LogP contribution is -2.56. The van der Waals surface area contributed by atoms with Crippen molar-refractivity contribution in [1.82, 2.24) is 31.1 Å². The van der Waals surface area contributed by atoms with Gasteiger partial charge in [0.1, 0.15) is 36.8 Å². The van der Waals surface area contributed by atoms with Crippen molar-refractivity contribution in [3.63, 3.8) is 0 Å². The van der Waals surface area contributed by atoms with Gasteiger partial charge in [-0.05, 0) is 160 Å². The number of nitrogens with one attached hydrogen (secondary N) is 4. The molecule has 0 saturated heterocycles. The van der Waals surface area contributed by atoms with E-state index in [0.717, 1.165) is 44.9 Å². The van der Waals surface area contributed by atoms with Crippen LogP contribution in [-0.2, 0) is 69.2 Å². The number of hydrogen-bond acceptors (Lipinski definition) is 8. The first-order valence-electron chi connectivity index (χ1n) is 31.6. The van der Waals surface area contributed by atoms with Crippen LogP contribution in [0, 0.1) is 11.8 Å². The van der Waals surface area contributed by atoms with Gasteiger partial charge in [0.15, 0.2) is 0 Å². The average Bonchev–Trinajstić information content (AvgIpc) is 3.20. The summed E-state index contributed by atoms with van der Waals surface area (Å²) >= 11 is 0. The standard InChI is InChI=1S/2C38H53N3O3/c2*1-27(2)23-34(41(9)25-29-15-19-31(20-16-29)37(3,4)5)36(43)39-33(35(42)40-38(6,7)8)24-28-17-21-32(22-18-28)44-26-30-13-11-10-12-14-30/h2*10-22,27,33-34H,23-26H2,1-9H3,(H,39,43)(H,40,42)/t2*33-,34-/m00/s1. The van der Waals surface area contributed by atoms with Crippen LogP contribution in [0.1, 0.15) is 168 Å². The Morgan fingerprint density at radius 2 is 0.682 bits per heavy atom. The van der Waals surface area contributed by atoms with Crippen molar-refractivity contribution in [2.75, 3.05) is 14.1 Å². The van der Waals surface area contributed by atoms with Crippen molar-refractivity contribution in [1.29, 1.82) is 0 Å². The third-order valence-corrected chi connectivity index (χ3v) is 15.0. The van der Waals surface area contributed by atoms with Gasteiger partial charge in [-0.25, -0.2) is 0 Å². The molecular weight excluding hydrogens is 1090 g/mol. The van der Waals surface area contributed by atoms with Crippen LogP contribution in [0.3, 0.4) is 0 Å². The van der Waals surface area contributed by atoms with E-state index in [-0.39, 0.29) is 46.5 Å². The molecule has 12 heteroatoms. The second-order valence-electron chi connectivity index (χ2n) is 28.9. The van der Waals surface area contributed by atoms with Crippen LogP contribution in [0.4, 0.5) is 0 Å². The first kappa shape index (κ1) is 71.5. The van der Waals surface area contributed by atoms with Gasteiger partial charge in [0.25, 0.3) is 0 Å². The highest BCUT2D eigenvalue weighted by atomic mass is 16.5. The molecule has 12 nitrogen and oxygen atoms in total. The zero-order valence-electron chi connectivity index (χ0n) is 56.5. The molecule has 0 heterocycles. The van der Waals surface area contributed by atoms with Crippen molar-refractivity contribution in [3.8, 4) is 11.5 Å². The number of ether oxygens (including phenoxy) is 2. The van der Waals surface area contributed by atoms with Gasteiger partial charge < -0.3 is 30.7 Å². The SMILES string of the molecule is CC(C)C[C@@H](C(=O)N[C@@H](Cc1ccc(OCc2ccccc2)cc1)C(=O)NC(C)(C)C)N(C)Cc1ccc(C(C)(C)C)cc1.CC(C)C[C@@H](C(=O)N[C@@H](Cc1ccc(OCc2ccccc2)cc1)C(=O)NC(C)(C)C)N(C)Cc1ccc(C(C)(C)C)cc1. The third kappa shape index (κ3) is 25.4. The number of hydrogen-bond donors (Lipinski definition) is 4. The molecule has 0 aliphatic rings. The van der Waals surface area contributed by atoms with Crippen molar-refractivity contribution in [3.05, 3.63) is 202 Å². The number of rotatable bonds is 26. The van der Waals surface area contributed by atoms with E-state index in [9.17, 15) is 19.2 Å². The fourth-order valence-corrected chi connectivity index (χ4v) is 10.1. The van der Waals surface area contributed by atoms with Gasteiger partial charge in [-0.15, -0.1) is 0 Å². The van der Waals surface area contributed by atoms with E-state index in [1.807, 2.05) is 165 Å². The Morgan fingerprint density at radius 1 is 0.386 bits per heavy atom. The van der Waals surface area contributed by atoms with Gasteiger partial charge in [0, 0.05) is 37.0 Å². The van der Waals surface area contributed by atoms with E-state index < -0.39 is 23.2 Å². The zero-order valence-corrected chi connectivity index (χ0v) is 56.5. The van der Waals surface area contributed by atoms with E-state index in [0.29, 0.717) is 63.8 Å². The predicted octanol–water partition coefficient (Wildman–Crippen LogP) is 14.1. The molecule has 0 bridgehead atoms. The van der Waals surface area contributed by atoms with E-state index in [1.165, 1.54) is 11.1 Å². The Bertz CT molecular complexity index is 2850. The lowest BCUT2D eigenvalue weighted by atomic mass is 9.86. The minimum Gasteiger partial charge on any atom is -0.489 e. The summed E-state index contributed by atoms with van der Waals surface area (Å²) in [5.74, 6) is 1.47. The second kappa shape index (κ2) is 32.8. The van der Waals surface area contributed by atoms with Gasteiger partial charge in [-0.3, -0.25) is 29.0 Å². The molecular formula is C76H106N6O6. The van der Waals surface area contributed by atoms with Crippen LogP contribution >= 0.6 is 0 Å². The number of nitrogens with zero attached hydrogens (tertiary/aromatic N) is 2. The highest BCUT2D eigenvalue weighted by molar-refractivity contribution is 5.91. The van der Waals surface area contributed by atoms with Crippen LogP contribution in [0.15, 0.2) is 158 Å². The number of carbonyl (C=O) groups excluding carboxylic acids is 4. The normalized spacial score (nSPS) is 13.4. The largest absolute Gasteiger partial charge is 0.489 e. The first-order valence-corrected chi connectivity index (χ1v) is 31.6.